The van der Waals surface area contributed by atoms with Gasteiger partial charge in [-0.1, -0.05) is 48.4 Å². The summed E-state index contributed by atoms with van der Waals surface area (Å²) in [5, 5.41) is 2.75. The maximum atomic E-state index is 12.9. The Balaban J connectivity index is 1.33. The maximum Gasteiger partial charge on any atom is 0.262 e. The molecule has 0 spiro atoms. The van der Waals surface area contributed by atoms with Gasteiger partial charge in [-0.05, 0) is 66.2 Å². The summed E-state index contributed by atoms with van der Waals surface area (Å²) in [6, 6.07) is 30.6. The highest BCUT2D eigenvalue weighted by atomic mass is 16.5. The Morgan fingerprint density at radius 1 is 0.743 bits per heavy atom. The Morgan fingerprint density at radius 2 is 1.43 bits per heavy atom. The van der Waals surface area contributed by atoms with Crippen LogP contribution in [0.4, 0.5) is 5.69 Å². The average molecular weight is 462 g/mol. The van der Waals surface area contributed by atoms with Crippen LogP contribution < -0.4 is 14.8 Å². The van der Waals surface area contributed by atoms with Crippen molar-refractivity contribution in [2.45, 2.75) is 6.61 Å². The van der Waals surface area contributed by atoms with E-state index in [0.29, 0.717) is 34.9 Å². The van der Waals surface area contributed by atoms with Gasteiger partial charge in [-0.2, -0.15) is 0 Å². The Morgan fingerprint density at radius 3 is 2.14 bits per heavy atom. The highest BCUT2D eigenvalue weighted by molar-refractivity contribution is 6.09. The van der Waals surface area contributed by atoms with Crippen LogP contribution in [0.25, 0.3) is 0 Å². The molecule has 0 heterocycles. The second-order valence-electron chi connectivity index (χ2n) is 7.71. The molecule has 0 atom stereocenters. The van der Waals surface area contributed by atoms with E-state index in [1.54, 1.807) is 72.8 Å². The van der Waals surface area contributed by atoms with Crippen molar-refractivity contribution in [2.75, 3.05) is 11.9 Å². The summed E-state index contributed by atoms with van der Waals surface area (Å²) in [6.07, 6.45) is 5.33. The molecule has 0 radical (unpaired) electrons. The molecular formula is C30H23NO4. The van der Waals surface area contributed by atoms with Crippen LogP contribution in [0.5, 0.6) is 11.5 Å². The SMILES string of the molecule is C#Cc1ccc(OCC(=O)Nc2cccc(C(=O)c3ccc(OCc4ccccc4)cc3)c2)cc1. The first-order valence-electron chi connectivity index (χ1n) is 11.0. The topological polar surface area (TPSA) is 64.6 Å². The lowest BCUT2D eigenvalue weighted by Crippen LogP contribution is -2.20. The Bertz CT molecular complexity index is 1340. The zero-order chi connectivity index (χ0) is 24.5. The van der Waals surface area contributed by atoms with E-state index in [-0.39, 0.29) is 18.3 Å². The van der Waals surface area contributed by atoms with Gasteiger partial charge < -0.3 is 14.8 Å². The number of amides is 1. The molecule has 4 aromatic carbocycles. The predicted molar refractivity (Wildman–Crippen MR) is 136 cm³/mol. The summed E-state index contributed by atoms with van der Waals surface area (Å²) in [5.41, 5.74) is 3.30. The predicted octanol–water partition coefficient (Wildman–Crippen LogP) is 5.50. The molecular weight excluding hydrogens is 438 g/mol. The molecule has 0 aliphatic rings. The summed E-state index contributed by atoms with van der Waals surface area (Å²) >= 11 is 0. The third kappa shape index (κ3) is 6.59. The van der Waals surface area contributed by atoms with Crippen molar-refractivity contribution in [2.24, 2.45) is 0 Å². The third-order valence-corrected chi connectivity index (χ3v) is 5.16. The number of rotatable bonds is 9. The number of hydrogen-bond donors (Lipinski definition) is 1. The molecule has 35 heavy (non-hydrogen) atoms. The van der Waals surface area contributed by atoms with Gasteiger partial charge in [-0.15, -0.1) is 6.42 Å². The standard InChI is InChI=1S/C30H23NO4/c1-2-22-11-15-27(16-12-22)35-21-29(32)31-26-10-6-9-25(19-26)30(33)24-13-17-28(18-14-24)34-20-23-7-4-3-5-8-23/h1,3-19H,20-21H2,(H,31,32). The first-order valence-corrected chi connectivity index (χ1v) is 11.0. The summed E-state index contributed by atoms with van der Waals surface area (Å²) < 4.78 is 11.3. The minimum absolute atomic E-state index is 0.152. The van der Waals surface area contributed by atoms with Gasteiger partial charge in [0, 0.05) is 22.4 Å². The fraction of sp³-hybridized carbons (Fsp3) is 0.0667. The molecule has 0 aliphatic carbocycles. The van der Waals surface area contributed by atoms with Crippen molar-refractivity contribution in [1.82, 2.24) is 0 Å². The van der Waals surface area contributed by atoms with Gasteiger partial charge in [-0.3, -0.25) is 9.59 Å². The van der Waals surface area contributed by atoms with Crippen molar-refractivity contribution in [3.05, 3.63) is 125 Å². The molecule has 172 valence electrons. The number of nitrogens with one attached hydrogen (secondary N) is 1. The molecule has 0 unspecified atom stereocenters. The summed E-state index contributed by atoms with van der Waals surface area (Å²) in [7, 11) is 0. The molecule has 4 rings (SSSR count). The van der Waals surface area contributed by atoms with E-state index in [1.807, 2.05) is 30.3 Å². The van der Waals surface area contributed by atoms with Crippen LogP contribution >= 0.6 is 0 Å². The lowest BCUT2D eigenvalue weighted by atomic mass is 10.0. The van der Waals surface area contributed by atoms with Gasteiger partial charge in [0.2, 0.25) is 0 Å². The van der Waals surface area contributed by atoms with E-state index < -0.39 is 0 Å². The van der Waals surface area contributed by atoms with Crippen molar-refractivity contribution >= 4 is 17.4 Å². The zero-order valence-corrected chi connectivity index (χ0v) is 18.9. The van der Waals surface area contributed by atoms with Crippen molar-refractivity contribution in [1.29, 1.82) is 0 Å². The van der Waals surface area contributed by atoms with E-state index in [9.17, 15) is 9.59 Å². The number of ketones is 1. The molecule has 0 aromatic heterocycles. The lowest BCUT2D eigenvalue weighted by molar-refractivity contribution is -0.118. The van der Waals surface area contributed by atoms with E-state index in [1.165, 1.54) is 0 Å². The van der Waals surface area contributed by atoms with Crippen molar-refractivity contribution in [3.8, 4) is 23.8 Å². The number of ether oxygens (including phenoxy) is 2. The van der Waals surface area contributed by atoms with E-state index in [0.717, 1.165) is 11.1 Å². The number of hydrogen-bond acceptors (Lipinski definition) is 4. The first-order chi connectivity index (χ1) is 17.1. The van der Waals surface area contributed by atoms with Crippen LogP contribution in [0.15, 0.2) is 103 Å². The Labute approximate surface area is 204 Å². The molecule has 0 saturated carbocycles. The minimum atomic E-state index is -0.337. The highest BCUT2D eigenvalue weighted by Crippen LogP contribution is 2.19. The van der Waals surface area contributed by atoms with E-state index in [4.69, 9.17) is 15.9 Å². The fourth-order valence-corrected chi connectivity index (χ4v) is 3.34. The van der Waals surface area contributed by atoms with Gasteiger partial charge >= 0.3 is 0 Å². The van der Waals surface area contributed by atoms with E-state index >= 15 is 0 Å². The van der Waals surface area contributed by atoms with Crippen molar-refractivity contribution in [3.63, 3.8) is 0 Å². The van der Waals surface area contributed by atoms with Crippen LogP contribution in [0.3, 0.4) is 0 Å². The van der Waals surface area contributed by atoms with Crippen LogP contribution in [-0.4, -0.2) is 18.3 Å². The average Bonchev–Trinajstić information content (AvgIpc) is 2.91. The molecule has 0 fully saturated rings. The lowest BCUT2D eigenvalue weighted by Gasteiger charge is -2.09. The molecule has 4 aromatic rings. The van der Waals surface area contributed by atoms with Crippen LogP contribution in [0, 0.1) is 12.3 Å². The number of carbonyl (C=O) groups excluding carboxylic acids is 2. The molecule has 1 amide bonds. The van der Waals surface area contributed by atoms with Crippen LogP contribution in [0.2, 0.25) is 0 Å². The summed E-state index contributed by atoms with van der Waals surface area (Å²) in [4.78, 5) is 25.2. The number of terminal acetylenes is 1. The normalized spacial score (nSPS) is 10.1. The second-order valence-corrected chi connectivity index (χ2v) is 7.71. The Hall–Kier alpha value is -4.82. The molecule has 0 aliphatic heterocycles. The molecule has 1 N–H and O–H groups in total. The molecule has 5 heteroatoms. The van der Waals surface area contributed by atoms with Gasteiger partial charge in [0.25, 0.3) is 5.91 Å². The van der Waals surface area contributed by atoms with Crippen LogP contribution in [0.1, 0.15) is 27.0 Å². The zero-order valence-electron chi connectivity index (χ0n) is 18.9. The minimum Gasteiger partial charge on any atom is -0.489 e. The summed E-state index contributed by atoms with van der Waals surface area (Å²) in [6.45, 7) is 0.286. The van der Waals surface area contributed by atoms with Gasteiger partial charge in [0.05, 0.1) is 0 Å². The van der Waals surface area contributed by atoms with E-state index in [2.05, 4.69) is 11.2 Å². The number of benzene rings is 4. The molecule has 0 saturated heterocycles. The monoisotopic (exact) mass is 461 g/mol. The highest BCUT2D eigenvalue weighted by Gasteiger charge is 2.11. The first kappa shape index (κ1) is 23.3. The fourth-order valence-electron chi connectivity index (χ4n) is 3.34. The van der Waals surface area contributed by atoms with Crippen LogP contribution in [-0.2, 0) is 11.4 Å². The second kappa shape index (κ2) is 11.4. The van der Waals surface area contributed by atoms with Crippen molar-refractivity contribution < 1.29 is 19.1 Å². The maximum absolute atomic E-state index is 12.9. The van der Waals surface area contributed by atoms with Gasteiger partial charge in [0.15, 0.2) is 12.4 Å². The number of anilines is 1. The van der Waals surface area contributed by atoms with Gasteiger partial charge in [-0.25, -0.2) is 0 Å². The quantitative estimate of drug-likeness (QED) is 0.264. The smallest absolute Gasteiger partial charge is 0.262 e. The number of carbonyl (C=O) groups is 2. The van der Waals surface area contributed by atoms with Gasteiger partial charge in [0.1, 0.15) is 18.1 Å². The molecule has 0 bridgehead atoms. The third-order valence-electron chi connectivity index (χ3n) is 5.16. The summed E-state index contributed by atoms with van der Waals surface area (Å²) in [5.74, 6) is 3.26. The largest absolute Gasteiger partial charge is 0.489 e. The Kier molecular flexibility index (Phi) is 7.57. The molecule has 5 nitrogen and oxygen atoms in total.